The Bertz CT molecular complexity index is 1280. The van der Waals surface area contributed by atoms with Gasteiger partial charge in [0, 0.05) is 36.0 Å². The van der Waals surface area contributed by atoms with E-state index in [4.69, 9.17) is 0 Å². The number of halogens is 1. The molecule has 0 unspecified atom stereocenters. The molecule has 0 saturated heterocycles. The number of carbonyl (C=O) groups is 1. The third-order valence-electron chi connectivity index (χ3n) is 7.30. The van der Waals surface area contributed by atoms with Crippen molar-refractivity contribution in [1.82, 2.24) is 14.8 Å². The van der Waals surface area contributed by atoms with Gasteiger partial charge in [0.2, 0.25) is 0 Å². The van der Waals surface area contributed by atoms with Gasteiger partial charge in [-0.3, -0.25) is 9.36 Å². The van der Waals surface area contributed by atoms with Gasteiger partial charge >= 0.3 is 0 Å². The average Bonchev–Trinajstić information content (AvgIpc) is 3.37. The summed E-state index contributed by atoms with van der Waals surface area (Å²) in [6.07, 6.45) is 7.29. The van der Waals surface area contributed by atoms with Crippen LogP contribution in [0.5, 0.6) is 0 Å². The van der Waals surface area contributed by atoms with E-state index in [0.29, 0.717) is 16.5 Å². The number of ketones is 1. The van der Waals surface area contributed by atoms with Crippen LogP contribution in [0.25, 0.3) is 11.4 Å². The lowest BCUT2D eigenvalue weighted by Gasteiger charge is -2.25. The number of carbonyl (C=O) groups excluding carboxylic acids is 1. The zero-order valence-corrected chi connectivity index (χ0v) is 21.3. The molecule has 1 aliphatic heterocycles. The molecule has 1 aromatic heterocycles. The molecule has 1 saturated carbocycles. The fourth-order valence-corrected chi connectivity index (χ4v) is 6.29. The van der Waals surface area contributed by atoms with Crippen LogP contribution in [0.1, 0.15) is 57.6 Å². The van der Waals surface area contributed by atoms with E-state index in [2.05, 4.69) is 45.6 Å². The lowest BCUT2D eigenvalue weighted by atomic mass is 9.83. The Morgan fingerprint density at radius 2 is 1.80 bits per heavy atom. The molecule has 0 amide bonds. The molecule has 2 aliphatic rings. The smallest absolute Gasteiger partial charge is 0.192 e. The van der Waals surface area contributed by atoms with Crippen LogP contribution in [0, 0.1) is 5.82 Å². The van der Waals surface area contributed by atoms with E-state index in [1.165, 1.54) is 29.8 Å². The topological polar surface area (TPSA) is 51.0 Å². The Balaban J connectivity index is 1.40. The normalized spacial score (nSPS) is 18.7. The van der Waals surface area contributed by atoms with Crippen molar-refractivity contribution in [3.63, 3.8) is 0 Å². The maximum atomic E-state index is 14.6. The molecule has 5 rings (SSSR count). The monoisotopic (exact) mass is 490 g/mol. The van der Waals surface area contributed by atoms with Crippen LogP contribution < -0.4 is 4.90 Å². The van der Waals surface area contributed by atoms with E-state index in [0.717, 1.165) is 37.1 Å². The van der Waals surface area contributed by atoms with Crippen molar-refractivity contribution in [3.05, 3.63) is 71.7 Å². The molecule has 182 valence electrons. The molecule has 35 heavy (non-hydrogen) atoms. The van der Waals surface area contributed by atoms with Gasteiger partial charge in [0.25, 0.3) is 0 Å². The van der Waals surface area contributed by atoms with E-state index in [9.17, 15) is 9.18 Å². The molecule has 7 heteroatoms. The molecule has 0 spiro atoms. The first kappa shape index (κ1) is 23.8. The van der Waals surface area contributed by atoms with Crippen LogP contribution in [0.15, 0.2) is 65.5 Å². The van der Waals surface area contributed by atoms with Crippen LogP contribution in [-0.4, -0.2) is 33.3 Å². The predicted molar refractivity (Wildman–Crippen MR) is 139 cm³/mol. The van der Waals surface area contributed by atoms with Crippen molar-refractivity contribution in [1.29, 1.82) is 0 Å². The summed E-state index contributed by atoms with van der Waals surface area (Å²) in [7, 11) is 2.01. The zero-order valence-electron chi connectivity index (χ0n) is 20.5. The summed E-state index contributed by atoms with van der Waals surface area (Å²) < 4.78 is 16.7. The summed E-state index contributed by atoms with van der Waals surface area (Å²) in [5.74, 6) is 0.533. The molecule has 3 aromatic rings. The van der Waals surface area contributed by atoms with Crippen LogP contribution in [0.3, 0.4) is 0 Å². The van der Waals surface area contributed by atoms with Crippen molar-refractivity contribution in [2.75, 3.05) is 17.7 Å². The Kier molecular flexibility index (Phi) is 6.53. The second kappa shape index (κ2) is 9.61. The number of nitrogens with zero attached hydrogens (tertiary/aromatic N) is 4. The lowest BCUT2D eigenvalue weighted by molar-refractivity contribution is -0.112. The summed E-state index contributed by atoms with van der Waals surface area (Å²) in [5.41, 5.74) is 3.56. The van der Waals surface area contributed by atoms with Gasteiger partial charge in [-0.05, 0) is 36.6 Å². The number of hydrogen-bond acceptors (Lipinski definition) is 5. The van der Waals surface area contributed by atoms with Gasteiger partial charge < -0.3 is 4.90 Å². The molecule has 2 heterocycles. The molecule has 0 N–H and O–H groups in total. The standard InChI is InChI=1S/C28H31FN4OS/c1-28(2)22-14-8-10-16-24(22)32(3)25(28)17-20(34)18-35-27-31-30-26(21-13-7-9-15-23(21)29)33(27)19-11-5-4-6-12-19/h7-10,13-17,19H,4-6,11-12,18H2,1-3H3. The average molecular weight is 491 g/mol. The number of fused-ring (bicyclic) bond motifs is 1. The number of hydrogen-bond donors (Lipinski definition) is 0. The van der Waals surface area contributed by atoms with Crippen LogP contribution >= 0.6 is 11.8 Å². The van der Waals surface area contributed by atoms with Crippen molar-refractivity contribution in [3.8, 4) is 11.4 Å². The summed E-state index contributed by atoms with van der Waals surface area (Å²) in [4.78, 5) is 15.2. The molecular weight excluding hydrogens is 459 g/mol. The number of allylic oxidation sites excluding steroid dienone is 2. The molecule has 5 nitrogen and oxygen atoms in total. The summed E-state index contributed by atoms with van der Waals surface area (Å²) in [5, 5.41) is 9.48. The minimum Gasteiger partial charge on any atom is -0.347 e. The van der Waals surface area contributed by atoms with Crippen molar-refractivity contribution in [2.24, 2.45) is 0 Å². The van der Waals surface area contributed by atoms with E-state index in [1.54, 1.807) is 18.2 Å². The number of thioether (sulfide) groups is 1. The van der Waals surface area contributed by atoms with Gasteiger partial charge in [0.1, 0.15) is 5.82 Å². The Labute approximate surface area is 210 Å². The third-order valence-corrected chi connectivity index (χ3v) is 8.27. The highest BCUT2D eigenvalue weighted by Gasteiger charge is 2.38. The Morgan fingerprint density at radius 1 is 1.09 bits per heavy atom. The molecule has 0 bridgehead atoms. The van der Waals surface area contributed by atoms with Crippen molar-refractivity contribution >= 4 is 23.2 Å². The lowest BCUT2D eigenvalue weighted by Crippen LogP contribution is -2.24. The largest absolute Gasteiger partial charge is 0.347 e. The number of aromatic nitrogens is 3. The summed E-state index contributed by atoms with van der Waals surface area (Å²) in [6.45, 7) is 4.31. The number of likely N-dealkylation sites (N-methyl/N-ethyl adjacent to an activating group) is 1. The SMILES string of the molecule is CN1C(=CC(=O)CSc2nnc(-c3ccccc3F)n2C2CCCCC2)C(C)(C)c2ccccc21. The van der Waals surface area contributed by atoms with Crippen molar-refractivity contribution < 1.29 is 9.18 Å². The van der Waals surface area contributed by atoms with Gasteiger partial charge in [-0.1, -0.05) is 75.2 Å². The quantitative estimate of drug-likeness (QED) is 0.289. The highest BCUT2D eigenvalue weighted by atomic mass is 32.2. The van der Waals surface area contributed by atoms with Gasteiger partial charge in [-0.2, -0.15) is 0 Å². The fourth-order valence-electron chi connectivity index (χ4n) is 5.46. The second-order valence-corrected chi connectivity index (χ2v) is 10.9. The first-order valence-electron chi connectivity index (χ1n) is 12.3. The molecule has 1 aliphatic carbocycles. The predicted octanol–water partition coefficient (Wildman–Crippen LogP) is 6.56. The van der Waals surface area contributed by atoms with Gasteiger partial charge in [-0.25, -0.2) is 4.39 Å². The zero-order chi connectivity index (χ0) is 24.6. The maximum absolute atomic E-state index is 14.6. The maximum Gasteiger partial charge on any atom is 0.192 e. The molecular formula is C28H31FN4OS. The Hall–Kier alpha value is -2.93. The van der Waals surface area contributed by atoms with Gasteiger partial charge in [0.15, 0.2) is 16.8 Å². The van der Waals surface area contributed by atoms with Crippen LogP contribution in [-0.2, 0) is 10.2 Å². The number of anilines is 1. The van der Waals surface area contributed by atoms with Crippen LogP contribution in [0.4, 0.5) is 10.1 Å². The summed E-state index contributed by atoms with van der Waals surface area (Å²) >= 11 is 1.39. The molecule has 2 aromatic carbocycles. The highest BCUT2D eigenvalue weighted by molar-refractivity contribution is 7.99. The number of rotatable bonds is 6. The number of para-hydroxylation sites is 1. The first-order valence-corrected chi connectivity index (χ1v) is 13.3. The fraction of sp³-hybridized carbons (Fsp3) is 0.393. The van der Waals surface area contributed by atoms with Gasteiger partial charge in [0.05, 0.1) is 11.3 Å². The second-order valence-electron chi connectivity index (χ2n) is 9.93. The summed E-state index contributed by atoms with van der Waals surface area (Å²) in [6, 6.07) is 15.2. The van der Waals surface area contributed by atoms with Crippen molar-refractivity contribution in [2.45, 2.75) is 62.6 Å². The first-order chi connectivity index (χ1) is 16.9. The Morgan fingerprint density at radius 3 is 2.54 bits per heavy atom. The van der Waals surface area contributed by atoms with E-state index in [1.807, 2.05) is 25.2 Å². The molecule has 0 atom stereocenters. The van der Waals surface area contributed by atoms with E-state index >= 15 is 0 Å². The third kappa shape index (κ3) is 4.42. The van der Waals surface area contributed by atoms with Gasteiger partial charge in [-0.15, -0.1) is 10.2 Å². The minimum atomic E-state index is -0.305. The minimum absolute atomic E-state index is 0.0309. The number of benzene rings is 2. The highest BCUT2D eigenvalue weighted by Crippen LogP contribution is 2.46. The van der Waals surface area contributed by atoms with E-state index < -0.39 is 0 Å². The molecule has 0 radical (unpaired) electrons. The van der Waals surface area contributed by atoms with Crippen LogP contribution in [0.2, 0.25) is 0 Å². The van der Waals surface area contributed by atoms with E-state index in [-0.39, 0.29) is 28.8 Å². The molecule has 1 fully saturated rings.